The Morgan fingerprint density at radius 2 is 1.44 bits per heavy atom. The van der Waals surface area contributed by atoms with Crippen LogP contribution in [-0.2, 0) is 40.6 Å². The van der Waals surface area contributed by atoms with E-state index < -0.39 is 77.3 Å². The van der Waals surface area contributed by atoms with Gasteiger partial charge < -0.3 is 43.7 Å². The van der Waals surface area contributed by atoms with Gasteiger partial charge in [-0.3, -0.25) is 24.2 Å². The number of carbonyl (C=O) groups excluding carboxylic acids is 5. The lowest BCUT2D eigenvalue weighted by Crippen LogP contribution is -2.59. The van der Waals surface area contributed by atoms with Crippen LogP contribution in [0.3, 0.4) is 0 Å². The van der Waals surface area contributed by atoms with Crippen LogP contribution >= 0.6 is 0 Å². The number of carbonyl (C=O) groups is 5. The number of methoxy groups -OCH3 is 2. The van der Waals surface area contributed by atoms with E-state index in [1.165, 1.54) is 7.11 Å². The van der Waals surface area contributed by atoms with Gasteiger partial charge in [-0.25, -0.2) is 14.5 Å². The lowest BCUT2D eigenvalue weighted by molar-refractivity contribution is -0.179. The standard InChI is InChI=1S/C63H61N5O12/c1-39(2)53(59(71)76-4)64-62(74)67-48-27-23-41(20-19-40-21-25-45(75-3)26-22-40)35-47(48)63(61(67)73)52(58(70)66-31-29-65(30-32-66)37-42-24-28-50-51(36-42)79-38-78-50)55-60(72)80-56(44-15-9-6-10-16-44)54(43-13-7-5-8-14-43)68(55)57(63)46-17-11-12-18-49(46)77-34-33-69/h5-18,21-28,35-36,39,52-57,69H,29-34,37-38H2,1-4H3,(H,64,74)/t52-,53-,54-,55-,56+,57+,63-/m0/s1. The number of benzene rings is 6. The van der Waals surface area contributed by atoms with E-state index in [1.54, 1.807) is 80.5 Å². The van der Waals surface area contributed by atoms with Gasteiger partial charge in [0.25, 0.3) is 0 Å². The number of nitrogens with one attached hydrogen (secondary N) is 1. The van der Waals surface area contributed by atoms with E-state index in [1.807, 2.05) is 95.9 Å². The summed E-state index contributed by atoms with van der Waals surface area (Å²) in [6.45, 7) is 5.03. The summed E-state index contributed by atoms with van der Waals surface area (Å²) >= 11 is 0. The first-order valence-corrected chi connectivity index (χ1v) is 26.8. The molecule has 5 heterocycles. The average Bonchev–Trinajstić information content (AvgIpc) is 4.33. The van der Waals surface area contributed by atoms with Crippen LogP contribution < -0.4 is 29.2 Å². The Morgan fingerprint density at radius 1 is 0.762 bits per heavy atom. The maximum atomic E-state index is 17.1. The fourth-order valence-corrected chi connectivity index (χ4v) is 12.2. The Morgan fingerprint density at radius 3 is 2.14 bits per heavy atom. The number of imide groups is 1. The largest absolute Gasteiger partial charge is 0.497 e. The Hall–Kier alpha value is -8.69. The number of para-hydroxylation sites is 1. The molecule has 410 valence electrons. The number of amides is 4. The quantitative estimate of drug-likeness (QED) is 0.0881. The highest BCUT2D eigenvalue weighted by Gasteiger charge is 2.76. The summed E-state index contributed by atoms with van der Waals surface area (Å²) in [5.41, 5.74) is 2.08. The van der Waals surface area contributed by atoms with Gasteiger partial charge in [0.1, 0.15) is 41.7 Å². The Bertz CT molecular complexity index is 3380. The van der Waals surface area contributed by atoms with Gasteiger partial charge in [0.2, 0.25) is 18.6 Å². The van der Waals surface area contributed by atoms with Gasteiger partial charge in [0, 0.05) is 49.4 Å². The van der Waals surface area contributed by atoms with Crippen LogP contribution in [0.4, 0.5) is 10.5 Å². The number of morpholine rings is 1. The van der Waals surface area contributed by atoms with Crippen molar-refractivity contribution in [3.8, 4) is 34.8 Å². The zero-order valence-electron chi connectivity index (χ0n) is 44.8. The summed E-state index contributed by atoms with van der Waals surface area (Å²) in [6, 6.07) is 38.3. The van der Waals surface area contributed by atoms with E-state index in [0.29, 0.717) is 59.1 Å². The van der Waals surface area contributed by atoms with E-state index in [4.69, 9.17) is 28.4 Å². The van der Waals surface area contributed by atoms with Crippen molar-refractivity contribution in [1.82, 2.24) is 20.0 Å². The first-order chi connectivity index (χ1) is 38.9. The lowest BCUT2D eigenvalue weighted by atomic mass is 9.64. The first-order valence-electron chi connectivity index (χ1n) is 26.8. The minimum Gasteiger partial charge on any atom is -0.497 e. The van der Waals surface area contributed by atoms with Crippen molar-refractivity contribution in [2.24, 2.45) is 11.8 Å². The van der Waals surface area contributed by atoms with Crippen molar-refractivity contribution in [2.75, 3.05) is 65.3 Å². The number of hydrogen-bond acceptors (Lipinski definition) is 14. The number of esters is 2. The number of aliphatic hydroxyl groups excluding tert-OH is 1. The number of nitrogens with zero attached hydrogens (tertiary/aromatic N) is 4. The normalized spacial score (nSPS) is 22.4. The molecule has 5 aliphatic rings. The second kappa shape index (κ2) is 22.6. The highest BCUT2D eigenvalue weighted by atomic mass is 16.7. The third-order valence-corrected chi connectivity index (χ3v) is 15.9. The maximum Gasteiger partial charge on any atom is 0.329 e. The van der Waals surface area contributed by atoms with Gasteiger partial charge >= 0.3 is 18.0 Å². The Balaban J connectivity index is 1.15. The van der Waals surface area contributed by atoms with E-state index in [9.17, 15) is 9.90 Å². The van der Waals surface area contributed by atoms with E-state index in [2.05, 4.69) is 22.1 Å². The van der Waals surface area contributed by atoms with Gasteiger partial charge in [-0.2, -0.15) is 0 Å². The van der Waals surface area contributed by atoms with Crippen molar-refractivity contribution in [1.29, 1.82) is 0 Å². The molecule has 7 atom stereocenters. The second-order valence-electron chi connectivity index (χ2n) is 20.7. The molecule has 0 radical (unpaired) electrons. The van der Waals surface area contributed by atoms with Crippen LogP contribution in [0.15, 0.2) is 146 Å². The predicted octanol–water partition coefficient (Wildman–Crippen LogP) is 7.11. The number of aliphatic hydroxyl groups is 1. The molecule has 1 spiro atoms. The third-order valence-electron chi connectivity index (χ3n) is 15.9. The highest BCUT2D eigenvalue weighted by molar-refractivity contribution is 6.25. The summed E-state index contributed by atoms with van der Waals surface area (Å²) in [6.07, 6.45) is -0.982. The Kier molecular flexibility index (Phi) is 15.0. The first kappa shape index (κ1) is 53.3. The van der Waals surface area contributed by atoms with Gasteiger partial charge in [-0.05, 0) is 88.8 Å². The topological polar surface area (TPSA) is 186 Å². The maximum absolute atomic E-state index is 17.1. The summed E-state index contributed by atoms with van der Waals surface area (Å²) in [5.74, 6) is 3.90. The summed E-state index contributed by atoms with van der Waals surface area (Å²) in [7, 11) is 2.80. The van der Waals surface area contributed by atoms with Crippen LogP contribution in [0.25, 0.3) is 0 Å². The fraction of sp³-hybridized carbons (Fsp3) is 0.317. The summed E-state index contributed by atoms with van der Waals surface area (Å²) < 4.78 is 34.9. The molecule has 17 nitrogen and oxygen atoms in total. The minimum absolute atomic E-state index is 0.115. The molecule has 0 aliphatic carbocycles. The summed E-state index contributed by atoms with van der Waals surface area (Å²) in [5, 5.41) is 13.1. The number of cyclic esters (lactones) is 1. The van der Waals surface area contributed by atoms with Crippen LogP contribution in [0, 0.1) is 23.7 Å². The molecule has 0 saturated carbocycles. The molecule has 6 aromatic carbocycles. The third kappa shape index (κ3) is 9.62. The molecule has 3 fully saturated rings. The second-order valence-corrected chi connectivity index (χ2v) is 20.7. The molecule has 80 heavy (non-hydrogen) atoms. The van der Waals surface area contributed by atoms with Crippen LogP contribution in [0.5, 0.6) is 23.0 Å². The summed E-state index contributed by atoms with van der Waals surface area (Å²) in [4.78, 5) is 85.3. The average molecular weight is 1080 g/mol. The molecule has 0 unspecified atom stereocenters. The minimum atomic E-state index is -2.16. The number of hydrogen-bond donors (Lipinski definition) is 2. The van der Waals surface area contributed by atoms with Gasteiger partial charge in [-0.15, -0.1) is 0 Å². The van der Waals surface area contributed by atoms with Crippen molar-refractivity contribution in [2.45, 2.75) is 56.1 Å². The molecular weight excluding hydrogens is 1020 g/mol. The number of anilines is 1. The van der Waals surface area contributed by atoms with Crippen molar-refractivity contribution < 1.29 is 57.5 Å². The number of rotatable bonds is 13. The van der Waals surface area contributed by atoms with Crippen molar-refractivity contribution in [3.05, 3.63) is 185 Å². The number of ether oxygens (including phenoxy) is 6. The SMILES string of the molecule is COC(=O)[C@@H](NC(=O)N1C(=O)[C@@]2(c3cc(C#Cc4ccc(OC)cc4)ccc31)[C@H](C(=O)N1CCN(Cc3ccc4c(c3)OCO4)CC1)[C@H]1C(=O)O[C@H](c3ccccc3)[C@H](c3ccccc3)N1[C@@H]2c1ccccc1OCCO)C(C)C. The van der Waals surface area contributed by atoms with E-state index in [-0.39, 0.29) is 50.1 Å². The molecular formula is C63H61N5O12. The number of fused-ring (bicyclic) bond motifs is 4. The molecule has 0 aromatic heterocycles. The molecule has 6 aromatic rings. The van der Waals surface area contributed by atoms with Crippen molar-refractivity contribution in [3.63, 3.8) is 0 Å². The molecule has 2 N–H and O–H groups in total. The molecule has 11 rings (SSSR count). The molecule has 5 aliphatic heterocycles. The molecule has 4 amide bonds. The highest BCUT2D eigenvalue weighted by Crippen LogP contribution is 2.67. The van der Waals surface area contributed by atoms with Crippen LogP contribution in [-0.4, -0.2) is 122 Å². The molecule has 3 saturated heterocycles. The molecule has 17 heteroatoms. The predicted molar refractivity (Wildman–Crippen MR) is 294 cm³/mol. The smallest absolute Gasteiger partial charge is 0.329 e. The van der Waals surface area contributed by atoms with Crippen molar-refractivity contribution >= 4 is 35.5 Å². The molecule has 0 bridgehead atoms. The van der Waals surface area contributed by atoms with Gasteiger partial charge in [-0.1, -0.05) is 111 Å². The zero-order valence-corrected chi connectivity index (χ0v) is 44.8. The lowest BCUT2D eigenvalue weighted by Gasteiger charge is -2.46. The number of piperazine rings is 1. The van der Waals surface area contributed by atoms with Gasteiger partial charge in [0.15, 0.2) is 11.5 Å². The van der Waals surface area contributed by atoms with E-state index >= 15 is 19.2 Å². The van der Waals surface area contributed by atoms with Crippen LogP contribution in [0.2, 0.25) is 0 Å². The zero-order chi connectivity index (χ0) is 55.7. The number of urea groups is 1. The fourth-order valence-electron chi connectivity index (χ4n) is 12.2. The van der Waals surface area contributed by atoms with Crippen LogP contribution in [0.1, 0.15) is 71.0 Å². The Labute approximate surface area is 463 Å². The van der Waals surface area contributed by atoms with Gasteiger partial charge in [0.05, 0.1) is 44.5 Å². The van der Waals surface area contributed by atoms with E-state index in [0.717, 1.165) is 16.0 Å². The monoisotopic (exact) mass is 1080 g/mol.